The van der Waals surface area contributed by atoms with Gasteiger partial charge in [-0.05, 0) is 17.8 Å². The van der Waals surface area contributed by atoms with Gasteiger partial charge in [-0.1, -0.05) is 34.6 Å². The van der Waals surface area contributed by atoms with Crippen LogP contribution in [0.25, 0.3) is 0 Å². The van der Waals surface area contributed by atoms with Crippen LogP contribution in [0, 0.1) is 35.0 Å². The van der Waals surface area contributed by atoms with Crippen LogP contribution in [0.2, 0.25) is 0 Å². The van der Waals surface area contributed by atoms with E-state index < -0.39 is 5.92 Å². The fourth-order valence-electron chi connectivity index (χ4n) is 1.12. The van der Waals surface area contributed by atoms with Gasteiger partial charge in [0, 0.05) is 6.54 Å². The minimum Gasteiger partial charge on any atom is -0.355 e. The minimum atomic E-state index is -0.524. The number of rotatable bonds is 5. The van der Waals surface area contributed by atoms with Crippen LogP contribution in [0.4, 0.5) is 0 Å². The van der Waals surface area contributed by atoms with Gasteiger partial charge in [0.15, 0.2) is 0 Å². The van der Waals surface area contributed by atoms with E-state index in [-0.39, 0.29) is 11.8 Å². The van der Waals surface area contributed by atoms with Gasteiger partial charge in [0.25, 0.3) is 0 Å². The smallest absolute Gasteiger partial charge is 0.237 e. The van der Waals surface area contributed by atoms with Crippen LogP contribution in [0.5, 0.6) is 0 Å². The lowest BCUT2D eigenvalue weighted by molar-refractivity contribution is -0.124. The molecule has 0 fully saturated rings. The van der Waals surface area contributed by atoms with Crippen molar-refractivity contribution in [2.45, 2.75) is 34.6 Å². The normalized spacial score (nSPS) is 14.8. The van der Waals surface area contributed by atoms with Crippen LogP contribution in [0.1, 0.15) is 34.6 Å². The summed E-state index contributed by atoms with van der Waals surface area (Å²) < 4.78 is 0. The maximum absolute atomic E-state index is 11.6. The number of hydrogen-bond acceptors (Lipinski definition) is 2. The molecule has 0 aromatic heterocycles. The summed E-state index contributed by atoms with van der Waals surface area (Å²) in [5.74, 6) is 0.402. The van der Waals surface area contributed by atoms with Crippen LogP contribution in [0.3, 0.4) is 0 Å². The Bertz CT molecular complexity index is 240. The zero-order valence-corrected chi connectivity index (χ0v) is 10.4. The van der Waals surface area contributed by atoms with Gasteiger partial charge in [-0.2, -0.15) is 5.26 Å². The topological polar surface area (TPSA) is 52.9 Å². The molecule has 0 aliphatic rings. The molecule has 1 amide bonds. The molecule has 15 heavy (non-hydrogen) atoms. The van der Waals surface area contributed by atoms with Gasteiger partial charge in [-0.15, -0.1) is 0 Å². The van der Waals surface area contributed by atoms with Crippen molar-refractivity contribution < 1.29 is 4.79 Å². The van der Waals surface area contributed by atoms with Crippen LogP contribution >= 0.6 is 0 Å². The summed E-state index contributed by atoms with van der Waals surface area (Å²) in [5.41, 5.74) is 0. The molecule has 0 aromatic rings. The molecule has 0 rings (SSSR count). The predicted octanol–water partition coefficient (Wildman–Crippen LogP) is 2.19. The summed E-state index contributed by atoms with van der Waals surface area (Å²) in [6, 6.07) is 2.04. The molecule has 2 atom stereocenters. The maximum Gasteiger partial charge on any atom is 0.237 e. The van der Waals surface area contributed by atoms with Crippen molar-refractivity contribution in [3.63, 3.8) is 0 Å². The zero-order valence-electron chi connectivity index (χ0n) is 10.4. The Hall–Kier alpha value is -1.04. The molecule has 3 heteroatoms. The fourth-order valence-corrected chi connectivity index (χ4v) is 1.12. The molecule has 0 aliphatic heterocycles. The molecule has 0 saturated carbocycles. The second kappa shape index (κ2) is 6.44. The lowest BCUT2D eigenvalue weighted by Gasteiger charge is -2.18. The third-order valence-corrected chi connectivity index (χ3v) is 2.82. The zero-order chi connectivity index (χ0) is 12.0. The number of nitrogens with one attached hydrogen (secondary N) is 1. The van der Waals surface area contributed by atoms with Crippen molar-refractivity contribution in [3.8, 4) is 6.07 Å². The molecule has 0 heterocycles. The number of carbonyl (C=O) groups is 1. The van der Waals surface area contributed by atoms with Gasteiger partial charge in [0.2, 0.25) is 5.91 Å². The second-order valence-electron chi connectivity index (χ2n) is 4.82. The Balaban J connectivity index is 4.09. The van der Waals surface area contributed by atoms with Crippen molar-refractivity contribution in [2.24, 2.45) is 23.7 Å². The summed E-state index contributed by atoms with van der Waals surface area (Å²) in [5, 5.41) is 11.7. The van der Waals surface area contributed by atoms with Crippen molar-refractivity contribution in [1.29, 1.82) is 5.26 Å². The van der Waals surface area contributed by atoms with E-state index >= 15 is 0 Å². The first-order valence-corrected chi connectivity index (χ1v) is 5.57. The Labute approximate surface area is 92.9 Å². The Kier molecular flexibility index (Phi) is 6.00. The van der Waals surface area contributed by atoms with Gasteiger partial charge >= 0.3 is 0 Å². The van der Waals surface area contributed by atoms with Crippen molar-refractivity contribution >= 4 is 5.91 Å². The number of amides is 1. The summed E-state index contributed by atoms with van der Waals surface area (Å²) >= 11 is 0. The Morgan fingerprint density at radius 3 is 2.07 bits per heavy atom. The predicted molar refractivity (Wildman–Crippen MR) is 61.0 cm³/mol. The first-order valence-electron chi connectivity index (χ1n) is 5.57. The van der Waals surface area contributed by atoms with E-state index in [1.165, 1.54) is 0 Å². The molecule has 0 saturated heterocycles. The van der Waals surface area contributed by atoms with Gasteiger partial charge < -0.3 is 5.32 Å². The highest BCUT2D eigenvalue weighted by atomic mass is 16.1. The van der Waals surface area contributed by atoms with Crippen LogP contribution in [-0.2, 0) is 4.79 Å². The highest BCUT2D eigenvalue weighted by Crippen LogP contribution is 2.11. The lowest BCUT2D eigenvalue weighted by Crippen LogP contribution is -2.36. The molecule has 1 N–H and O–H groups in total. The van der Waals surface area contributed by atoms with Crippen LogP contribution < -0.4 is 5.32 Å². The van der Waals surface area contributed by atoms with E-state index in [2.05, 4.69) is 26.1 Å². The number of carbonyl (C=O) groups excluding carboxylic acids is 1. The number of nitrogens with zero attached hydrogens (tertiary/aromatic N) is 1. The molecular formula is C12H22N2O. The number of nitriles is 1. The van der Waals surface area contributed by atoms with Crippen molar-refractivity contribution in [1.82, 2.24) is 5.32 Å². The van der Waals surface area contributed by atoms with Gasteiger partial charge in [-0.3, -0.25) is 4.79 Å². The SMILES string of the molecule is CC(C)C(C)CNC(=O)C(C#N)C(C)C. The van der Waals surface area contributed by atoms with E-state index in [1.54, 1.807) is 0 Å². The Morgan fingerprint density at radius 2 is 1.73 bits per heavy atom. The summed E-state index contributed by atoms with van der Waals surface area (Å²) in [6.45, 7) is 10.8. The lowest BCUT2D eigenvalue weighted by atomic mass is 9.95. The maximum atomic E-state index is 11.6. The second-order valence-corrected chi connectivity index (χ2v) is 4.82. The standard InChI is InChI=1S/C12H22N2O/c1-8(2)10(5)7-14-12(15)11(6-13)9(3)4/h8-11H,7H2,1-5H3,(H,14,15). The van der Waals surface area contributed by atoms with E-state index in [4.69, 9.17) is 5.26 Å². The first kappa shape index (κ1) is 14.0. The van der Waals surface area contributed by atoms with E-state index in [1.807, 2.05) is 19.9 Å². The molecule has 2 unspecified atom stereocenters. The summed E-state index contributed by atoms with van der Waals surface area (Å²) in [7, 11) is 0. The van der Waals surface area contributed by atoms with Gasteiger partial charge in [-0.25, -0.2) is 0 Å². The molecule has 0 aromatic carbocycles. The van der Waals surface area contributed by atoms with Crippen LogP contribution in [-0.4, -0.2) is 12.5 Å². The quantitative estimate of drug-likeness (QED) is 0.756. The molecule has 0 aliphatic carbocycles. The average molecular weight is 210 g/mol. The van der Waals surface area contributed by atoms with Crippen molar-refractivity contribution in [2.75, 3.05) is 6.54 Å². The first-order chi connectivity index (χ1) is 6.90. The summed E-state index contributed by atoms with van der Waals surface area (Å²) in [4.78, 5) is 11.6. The van der Waals surface area contributed by atoms with Crippen molar-refractivity contribution in [3.05, 3.63) is 0 Å². The highest BCUT2D eigenvalue weighted by Gasteiger charge is 2.21. The molecular weight excluding hydrogens is 188 g/mol. The van der Waals surface area contributed by atoms with Gasteiger partial charge in [0.1, 0.15) is 5.92 Å². The molecule has 0 spiro atoms. The molecule has 0 bridgehead atoms. The van der Waals surface area contributed by atoms with E-state index in [0.29, 0.717) is 18.4 Å². The largest absolute Gasteiger partial charge is 0.355 e. The highest BCUT2D eigenvalue weighted by molar-refractivity contribution is 5.81. The summed E-state index contributed by atoms with van der Waals surface area (Å²) in [6.07, 6.45) is 0. The molecule has 86 valence electrons. The van der Waals surface area contributed by atoms with Crippen LogP contribution in [0.15, 0.2) is 0 Å². The molecule has 3 nitrogen and oxygen atoms in total. The third-order valence-electron chi connectivity index (χ3n) is 2.82. The minimum absolute atomic E-state index is 0.0735. The van der Waals surface area contributed by atoms with Gasteiger partial charge in [0.05, 0.1) is 6.07 Å². The van der Waals surface area contributed by atoms with E-state index in [0.717, 1.165) is 0 Å². The number of hydrogen-bond donors (Lipinski definition) is 1. The third kappa shape index (κ3) is 4.83. The molecule has 0 radical (unpaired) electrons. The van der Waals surface area contributed by atoms with E-state index in [9.17, 15) is 4.79 Å². The Morgan fingerprint density at radius 1 is 1.20 bits per heavy atom. The average Bonchev–Trinajstić information content (AvgIpc) is 2.14. The fraction of sp³-hybridized carbons (Fsp3) is 0.833. The monoisotopic (exact) mass is 210 g/mol.